The number of nitrogens with one attached hydrogen (secondary N) is 1. The molecule has 1 N–H and O–H groups in total. The molecule has 1 aliphatic rings. The molecule has 0 saturated heterocycles. The van der Waals surface area contributed by atoms with Gasteiger partial charge >= 0.3 is 0 Å². The van der Waals surface area contributed by atoms with Gasteiger partial charge in [0, 0.05) is 18.7 Å². The first-order chi connectivity index (χ1) is 6.81. The van der Waals surface area contributed by atoms with E-state index in [2.05, 4.69) is 44.8 Å². The van der Waals surface area contributed by atoms with Gasteiger partial charge in [-0.1, -0.05) is 6.92 Å². The van der Waals surface area contributed by atoms with E-state index in [4.69, 9.17) is 0 Å². The molecule has 0 unspecified atom stereocenters. The Kier molecular flexibility index (Phi) is 3.20. The zero-order valence-electron chi connectivity index (χ0n) is 8.26. The van der Waals surface area contributed by atoms with Crippen molar-refractivity contribution in [1.29, 1.82) is 0 Å². The van der Waals surface area contributed by atoms with Crippen molar-refractivity contribution in [3.8, 4) is 0 Å². The van der Waals surface area contributed by atoms with E-state index in [0.29, 0.717) is 5.92 Å². The summed E-state index contributed by atoms with van der Waals surface area (Å²) in [4.78, 5) is 8.89. The Morgan fingerprint density at radius 1 is 1.57 bits per heavy atom. The van der Waals surface area contributed by atoms with Gasteiger partial charge in [-0.05, 0) is 41.9 Å². The van der Waals surface area contributed by atoms with Crippen molar-refractivity contribution >= 4 is 28.4 Å². The molecular formula is C10H14IN3. The summed E-state index contributed by atoms with van der Waals surface area (Å²) in [6.07, 6.45) is 5.56. The molecule has 1 aliphatic carbocycles. The number of rotatable bonds is 4. The Morgan fingerprint density at radius 3 is 3.00 bits per heavy atom. The SMILES string of the molecule is CCCNc1nc(C2CC2)ncc1I. The van der Waals surface area contributed by atoms with E-state index < -0.39 is 0 Å². The molecule has 76 valence electrons. The summed E-state index contributed by atoms with van der Waals surface area (Å²) in [5.74, 6) is 2.66. The van der Waals surface area contributed by atoms with Crippen molar-refractivity contribution in [3.63, 3.8) is 0 Å². The molecule has 1 aromatic heterocycles. The van der Waals surface area contributed by atoms with Gasteiger partial charge in [0.15, 0.2) is 0 Å². The highest BCUT2D eigenvalue weighted by Gasteiger charge is 2.26. The van der Waals surface area contributed by atoms with Crippen LogP contribution in [0.25, 0.3) is 0 Å². The van der Waals surface area contributed by atoms with Gasteiger partial charge in [-0.2, -0.15) is 0 Å². The van der Waals surface area contributed by atoms with Gasteiger partial charge in [0.05, 0.1) is 3.57 Å². The molecule has 14 heavy (non-hydrogen) atoms. The third-order valence-electron chi connectivity index (χ3n) is 2.25. The van der Waals surface area contributed by atoms with Gasteiger partial charge in [0.2, 0.25) is 0 Å². The first-order valence-corrected chi connectivity index (χ1v) is 6.15. The topological polar surface area (TPSA) is 37.8 Å². The average molecular weight is 303 g/mol. The van der Waals surface area contributed by atoms with E-state index in [9.17, 15) is 0 Å². The summed E-state index contributed by atoms with van der Waals surface area (Å²) < 4.78 is 1.11. The smallest absolute Gasteiger partial charge is 0.143 e. The first kappa shape index (κ1) is 10.1. The quantitative estimate of drug-likeness (QED) is 0.869. The normalized spacial score (nSPS) is 15.6. The maximum atomic E-state index is 4.54. The minimum Gasteiger partial charge on any atom is -0.369 e. The van der Waals surface area contributed by atoms with Crippen LogP contribution in [0.5, 0.6) is 0 Å². The molecule has 0 aromatic carbocycles. The van der Waals surface area contributed by atoms with E-state index in [1.165, 1.54) is 12.8 Å². The van der Waals surface area contributed by atoms with Gasteiger partial charge in [-0.3, -0.25) is 0 Å². The number of hydrogen-bond donors (Lipinski definition) is 1. The van der Waals surface area contributed by atoms with Gasteiger partial charge in [0.25, 0.3) is 0 Å². The fraction of sp³-hybridized carbons (Fsp3) is 0.600. The molecule has 1 fully saturated rings. The van der Waals surface area contributed by atoms with Crippen LogP contribution in [0.15, 0.2) is 6.20 Å². The molecule has 0 amide bonds. The standard InChI is InChI=1S/C10H14IN3/c1-2-5-12-10-8(11)6-13-9(14-10)7-3-4-7/h6-7H,2-5H2,1H3,(H,12,13,14). The van der Waals surface area contributed by atoms with Gasteiger partial charge < -0.3 is 5.32 Å². The Bertz CT molecular complexity index is 323. The van der Waals surface area contributed by atoms with Crippen molar-refractivity contribution in [2.45, 2.75) is 32.1 Å². The largest absolute Gasteiger partial charge is 0.369 e. The van der Waals surface area contributed by atoms with Gasteiger partial charge in [-0.25, -0.2) is 9.97 Å². The van der Waals surface area contributed by atoms with E-state index in [0.717, 1.165) is 28.2 Å². The van der Waals surface area contributed by atoms with Crippen LogP contribution in [-0.2, 0) is 0 Å². The molecule has 0 atom stereocenters. The van der Waals surface area contributed by atoms with Crippen LogP contribution >= 0.6 is 22.6 Å². The first-order valence-electron chi connectivity index (χ1n) is 5.07. The predicted octanol–water partition coefficient (Wildman–Crippen LogP) is 2.78. The average Bonchev–Trinajstić information content (AvgIpc) is 3.00. The van der Waals surface area contributed by atoms with Crippen LogP contribution in [0.2, 0.25) is 0 Å². The zero-order chi connectivity index (χ0) is 9.97. The second-order valence-electron chi connectivity index (χ2n) is 3.63. The Hall–Kier alpha value is -0.390. The number of hydrogen-bond acceptors (Lipinski definition) is 3. The number of aromatic nitrogens is 2. The Labute approximate surface area is 97.9 Å². The molecule has 4 heteroatoms. The maximum Gasteiger partial charge on any atom is 0.143 e. The Balaban J connectivity index is 2.14. The molecule has 0 radical (unpaired) electrons. The molecule has 0 spiro atoms. The van der Waals surface area contributed by atoms with Crippen molar-refractivity contribution in [1.82, 2.24) is 9.97 Å². The molecule has 1 saturated carbocycles. The lowest BCUT2D eigenvalue weighted by Gasteiger charge is -2.07. The third kappa shape index (κ3) is 2.34. The summed E-state index contributed by atoms with van der Waals surface area (Å²) in [7, 11) is 0. The fourth-order valence-electron chi connectivity index (χ4n) is 1.29. The molecule has 2 rings (SSSR count). The second-order valence-corrected chi connectivity index (χ2v) is 4.79. The number of halogens is 1. The minimum absolute atomic E-state index is 0.633. The third-order valence-corrected chi connectivity index (χ3v) is 3.04. The second kappa shape index (κ2) is 4.42. The van der Waals surface area contributed by atoms with Crippen LogP contribution in [0.1, 0.15) is 37.9 Å². The summed E-state index contributed by atoms with van der Waals surface area (Å²) >= 11 is 2.27. The summed E-state index contributed by atoms with van der Waals surface area (Å²) in [6, 6.07) is 0. The number of anilines is 1. The lowest BCUT2D eigenvalue weighted by atomic mass is 10.4. The van der Waals surface area contributed by atoms with E-state index >= 15 is 0 Å². The lowest BCUT2D eigenvalue weighted by molar-refractivity contribution is 0.903. The Morgan fingerprint density at radius 2 is 2.36 bits per heavy atom. The van der Waals surface area contributed by atoms with E-state index in [1.54, 1.807) is 0 Å². The van der Waals surface area contributed by atoms with E-state index in [-0.39, 0.29) is 0 Å². The monoisotopic (exact) mass is 303 g/mol. The van der Waals surface area contributed by atoms with Crippen molar-refractivity contribution in [3.05, 3.63) is 15.6 Å². The summed E-state index contributed by atoms with van der Waals surface area (Å²) in [5.41, 5.74) is 0. The predicted molar refractivity (Wildman–Crippen MR) is 65.5 cm³/mol. The van der Waals surface area contributed by atoms with Crippen LogP contribution in [0.4, 0.5) is 5.82 Å². The van der Waals surface area contributed by atoms with Crippen LogP contribution in [0.3, 0.4) is 0 Å². The molecule has 0 bridgehead atoms. The van der Waals surface area contributed by atoms with Crippen LogP contribution in [0, 0.1) is 3.57 Å². The summed E-state index contributed by atoms with van der Waals surface area (Å²) in [6.45, 7) is 3.14. The van der Waals surface area contributed by atoms with Crippen LogP contribution < -0.4 is 5.32 Å². The van der Waals surface area contributed by atoms with Gasteiger partial charge in [0.1, 0.15) is 11.6 Å². The molecule has 1 aromatic rings. The van der Waals surface area contributed by atoms with Crippen molar-refractivity contribution in [2.75, 3.05) is 11.9 Å². The minimum atomic E-state index is 0.633. The molecule has 0 aliphatic heterocycles. The summed E-state index contributed by atoms with van der Waals surface area (Å²) in [5, 5.41) is 3.33. The molecule has 3 nitrogen and oxygen atoms in total. The van der Waals surface area contributed by atoms with Crippen molar-refractivity contribution < 1.29 is 0 Å². The number of nitrogens with zero attached hydrogens (tertiary/aromatic N) is 2. The van der Waals surface area contributed by atoms with E-state index in [1.807, 2.05) is 6.20 Å². The molecular weight excluding hydrogens is 289 g/mol. The molecule has 1 heterocycles. The fourth-order valence-corrected chi connectivity index (χ4v) is 1.74. The highest BCUT2D eigenvalue weighted by atomic mass is 127. The van der Waals surface area contributed by atoms with Gasteiger partial charge in [-0.15, -0.1) is 0 Å². The zero-order valence-corrected chi connectivity index (χ0v) is 10.4. The van der Waals surface area contributed by atoms with Crippen LogP contribution in [-0.4, -0.2) is 16.5 Å². The van der Waals surface area contributed by atoms with Crippen molar-refractivity contribution in [2.24, 2.45) is 0 Å². The maximum absolute atomic E-state index is 4.54. The highest BCUT2D eigenvalue weighted by molar-refractivity contribution is 14.1. The lowest BCUT2D eigenvalue weighted by Crippen LogP contribution is -2.06. The highest BCUT2D eigenvalue weighted by Crippen LogP contribution is 2.38.